The third-order valence-electron chi connectivity index (χ3n) is 4.28. The van der Waals surface area contributed by atoms with E-state index < -0.39 is 5.60 Å². The minimum atomic E-state index is -0.472. The van der Waals surface area contributed by atoms with Crippen LogP contribution in [0.3, 0.4) is 0 Å². The van der Waals surface area contributed by atoms with Crippen LogP contribution in [0.15, 0.2) is 24.3 Å². The molecule has 138 valence electrons. The summed E-state index contributed by atoms with van der Waals surface area (Å²) in [4.78, 5) is 25.8. The number of nitrogens with zero attached hydrogens (tertiary/aromatic N) is 1. The molecule has 0 radical (unpaired) electrons. The Balaban J connectivity index is 1.99. The summed E-state index contributed by atoms with van der Waals surface area (Å²) in [6, 6.07) is 8.03. The van der Waals surface area contributed by atoms with Crippen molar-refractivity contribution in [2.24, 2.45) is 0 Å². The van der Waals surface area contributed by atoms with Crippen LogP contribution in [0, 0.1) is 0 Å². The van der Waals surface area contributed by atoms with Crippen molar-refractivity contribution in [2.75, 3.05) is 19.7 Å². The molecule has 1 amide bonds. The molecule has 5 nitrogen and oxygen atoms in total. The third-order valence-corrected chi connectivity index (χ3v) is 4.28. The normalized spacial score (nSPS) is 15.8. The van der Waals surface area contributed by atoms with E-state index in [1.807, 2.05) is 45.9 Å². The molecule has 1 aromatic rings. The van der Waals surface area contributed by atoms with E-state index in [9.17, 15) is 9.59 Å². The first kappa shape index (κ1) is 19.3. The monoisotopic (exact) mass is 347 g/mol. The molecule has 1 aliphatic heterocycles. The van der Waals surface area contributed by atoms with Gasteiger partial charge in [0.1, 0.15) is 5.60 Å². The van der Waals surface area contributed by atoms with E-state index in [-0.39, 0.29) is 12.1 Å². The lowest BCUT2D eigenvalue weighted by Gasteiger charge is -2.34. The fourth-order valence-electron chi connectivity index (χ4n) is 3.16. The Morgan fingerprint density at radius 3 is 2.40 bits per heavy atom. The molecule has 0 unspecified atom stereocenters. The van der Waals surface area contributed by atoms with Crippen LogP contribution < -0.4 is 0 Å². The average Bonchev–Trinajstić information content (AvgIpc) is 2.54. The molecule has 1 aromatic carbocycles. The number of ether oxygens (including phenoxy) is 2. The molecular formula is C20H29NO4. The van der Waals surface area contributed by atoms with Crippen LogP contribution in [-0.4, -0.2) is 42.3 Å². The quantitative estimate of drug-likeness (QED) is 0.775. The van der Waals surface area contributed by atoms with Gasteiger partial charge >= 0.3 is 12.1 Å². The maximum atomic E-state index is 12.2. The summed E-state index contributed by atoms with van der Waals surface area (Å²) in [7, 11) is 0. The van der Waals surface area contributed by atoms with Crippen LogP contribution >= 0.6 is 0 Å². The summed E-state index contributed by atoms with van der Waals surface area (Å²) < 4.78 is 10.5. The summed E-state index contributed by atoms with van der Waals surface area (Å²) >= 11 is 0. The van der Waals surface area contributed by atoms with Crippen molar-refractivity contribution in [3.8, 4) is 0 Å². The first-order valence-corrected chi connectivity index (χ1v) is 9.01. The van der Waals surface area contributed by atoms with Crippen LogP contribution in [-0.2, 0) is 20.7 Å². The number of amides is 1. The zero-order chi connectivity index (χ0) is 18.4. The highest BCUT2D eigenvalue weighted by atomic mass is 16.6. The Kier molecular flexibility index (Phi) is 6.45. The van der Waals surface area contributed by atoms with Gasteiger partial charge in [0.15, 0.2) is 0 Å². The number of esters is 1. The van der Waals surface area contributed by atoms with Crippen LogP contribution in [0.4, 0.5) is 4.79 Å². The molecule has 0 N–H and O–H groups in total. The number of carbonyl (C=O) groups is 2. The lowest BCUT2D eigenvalue weighted by atomic mass is 9.86. The van der Waals surface area contributed by atoms with Crippen LogP contribution in [0.25, 0.3) is 0 Å². The van der Waals surface area contributed by atoms with E-state index in [2.05, 4.69) is 6.07 Å². The van der Waals surface area contributed by atoms with E-state index in [1.165, 1.54) is 5.56 Å². The predicted octanol–water partition coefficient (Wildman–Crippen LogP) is 3.91. The summed E-state index contributed by atoms with van der Waals surface area (Å²) in [5.41, 5.74) is 1.75. The average molecular weight is 347 g/mol. The first-order chi connectivity index (χ1) is 11.8. The molecule has 25 heavy (non-hydrogen) atoms. The molecule has 0 saturated carbocycles. The van der Waals surface area contributed by atoms with E-state index in [4.69, 9.17) is 9.47 Å². The summed E-state index contributed by atoms with van der Waals surface area (Å²) in [6.07, 6.45) is 1.81. The van der Waals surface area contributed by atoms with E-state index >= 15 is 0 Å². The van der Waals surface area contributed by atoms with Crippen molar-refractivity contribution in [1.82, 2.24) is 4.90 Å². The SMILES string of the molecule is CCOC(=O)Cc1ccccc1C1CCN(C(=O)OC(C)(C)C)CC1. The number of benzene rings is 1. The molecule has 0 spiro atoms. The Hall–Kier alpha value is -2.04. The molecule has 1 saturated heterocycles. The second-order valence-electron chi connectivity index (χ2n) is 7.42. The Morgan fingerprint density at radius 2 is 1.80 bits per heavy atom. The van der Waals surface area contributed by atoms with Gasteiger partial charge in [0, 0.05) is 13.1 Å². The molecule has 0 bridgehead atoms. The second-order valence-corrected chi connectivity index (χ2v) is 7.42. The smallest absolute Gasteiger partial charge is 0.410 e. The predicted molar refractivity (Wildman–Crippen MR) is 96.6 cm³/mol. The van der Waals surface area contributed by atoms with Gasteiger partial charge in [-0.3, -0.25) is 4.79 Å². The van der Waals surface area contributed by atoms with Crippen LogP contribution in [0.5, 0.6) is 0 Å². The molecule has 0 aromatic heterocycles. The first-order valence-electron chi connectivity index (χ1n) is 9.01. The Bertz CT molecular complexity index is 598. The van der Waals surface area contributed by atoms with Gasteiger partial charge in [-0.2, -0.15) is 0 Å². The molecule has 1 aliphatic rings. The molecule has 5 heteroatoms. The van der Waals surface area contributed by atoms with Gasteiger partial charge in [-0.05, 0) is 57.6 Å². The second kappa shape index (κ2) is 8.37. The van der Waals surface area contributed by atoms with Gasteiger partial charge in [-0.15, -0.1) is 0 Å². The lowest BCUT2D eigenvalue weighted by molar-refractivity contribution is -0.142. The number of carbonyl (C=O) groups excluding carboxylic acids is 2. The number of likely N-dealkylation sites (tertiary alicyclic amines) is 1. The lowest BCUT2D eigenvalue weighted by Crippen LogP contribution is -2.41. The standard InChI is InChI=1S/C20H29NO4/c1-5-24-18(22)14-16-8-6-7-9-17(16)15-10-12-21(13-11-15)19(23)25-20(2,3)4/h6-9,15H,5,10-14H2,1-4H3. The minimum absolute atomic E-state index is 0.193. The Labute approximate surface area is 150 Å². The highest BCUT2D eigenvalue weighted by molar-refractivity contribution is 5.73. The van der Waals surface area contributed by atoms with Crippen molar-refractivity contribution < 1.29 is 19.1 Å². The number of hydrogen-bond acceptors (Lipinski definition) is 4. The van der Waals surface area contributed by atoms with Crippen molar-refractivity contribution in [2.45, 2.75) is 58.5 Å². The van der Waals surface area contributed by atoms with Crippen molar-refractivity contribution in [3.05, 3.63) is 35.4 Å². The van der Waals surface area contributed by atoms with Gasteiger partial charge in [0.05, 0.1) is 13.0 Å². The summed E-state index contributed by atoms with van der Waals surface area (Å²) in [5, 5.41) is 0. The van der Waals surface area contributed by atoms with Gasteiger partial charge in [-0.1, -0.05) is 24.3 Å². The fraction of sp³-hybridized carbons (Fsp3) is 0.600. The van der Waals surface area contributed by atoms with Crippen LogP contribution in [0.1, 0.15) is 57.6 Å². The number of rotatable bonds is 4. The number of hydrogen-bond donors (Lipinski definition) is 0. The van der Waals surface area contributed by atoms with Gasteiger partial charge in [-0.25, -0.2) is 4.79 Å². The van der Waals surface area contributed by atoms with Crippen molar-refractivity contribution in [1.29, 1.82) is 0 Å². The minimum Gasteiger partial charge on any atom is -0.466 e. The van der Waals surface area contributed by atoms with Gasteiger partial charge in [0.2, 0.25) is 0 Å². The highest BCUT2D eigenvalue weighted by Crippen LogP contribution is 2.31. The van der Waals surface area contributed by atoms with Gasteiger partial charge < -0.3 is 14.4 Å². The van der Waals surface area contributed by atoms with E-state index in [0.717, 1.165) is 18.4 Å². The summed E-state index contributed by atoms with van der Waals surface area (Å²) in [6.45, 7) is 9.20. The van der Waals surface area contributed by atoms with Crippen molar-refractivity contribution >= 4 is 12.1 Å². The fourth-order valence-corrected chi connectivity index (χ4v) is 3.16. The zero-order valence-electron chi connectivity index (χ0n) is 15.7. The molecular weight excluding hydrogens is 318 g/mol. The highest BCUT2D eigenvalue weighted by Gasteiger charge is 2.28. The Morgan fingerprint density at radius 1 is 1.16 bits per heavy atom. The molecule has 1 fully saturated rings. The van der Waals surface area contributed by atoms with Crippen molar-refractivity contribution in [3.63, 3.8) is 0 Å². The van der Waals surface area contributed by atoms with Crippen LogP contribution in [0.2, 0.25) is 0 Å². The topological polar surface area (TPSA) is 55.8 Å². The van der Waals surface area contributed by atoms with E-state index in [1.54, 1.807) is 4.90 Å². The molecule has 2 rings (SSSR count). The maximum absolute atomic E-state index is 12.2. The zero-order valence-corrected chi connectivity index (χ0v) is 15.7. The summed E-state index contributed by atoms with van der Waals surface area (Å²) in [5.74, 6) is 0.158. The molecule has 0 aliphatic carbocycles. The third kappa shape index (κ3) is 5.76. The molecule has 0 atom stereocenters. The molecule has 1 heterocycles. The maximum Gasteiger partial charge on any atom is 0.410 e. The largest absolute Gasteiger partial charge is 0.466 e. The number of piperidine rings is 1. The van der Waals surface area contributed by atoms with Gasteiger partial charge in [0.25, 0.3) is 0 Å². The van der Waals surface area contributed by atoms with E-state index in [0.29, 0.717) is 32.0 Å².